The SMILES string of the molecule is CCOc1cc(/C=C(/C#N)c2ccccc2F)cc(I)c1OCc1cccc(C)c1. The van der Waals surface area contributed by atoms with Gasteiger partial charge in [-0.2, -0.15) is 5.26 Å². The molecule has 0 amide bonds. The van der Waals surface area contributed by atoms with Crippen LogP contribution in [0.1, 0.15) is 29.2 Å². The third-order valence-electron chi connectivity index (χ3n) is 4.39. The highest BCUT2D eigenvalue weighted by Crippen LogP contribution is 2.36. The highest BCUT2D eigenvalue weighted by molar-refractivity contribution is 14.1. The first-order chi connectivity index (χ1) is 14.5. The molecular weight excluding hydrogens is 492 g/mol. The van der Waals surface area contributed by atoms with E-state index in [4.69, 9.17) is 9.47 Å². The van der Waals surface area contributed by atoms with Crippen LogP contribution in [-0.4, -0.2) is 6.61 Å². The number of allylic oxidation sites excluding steroid dienone is 1. The molecule has 0 aliphatic rings. The zero-order chi connectivity index (χ0) is 21.5. The molecule has 0 aliphatic carbocycles. The molecule has 0 bridgehead atoms. The zero-order valence-electron chi connectivity index (χ0n) is 16.8. The van der Waals surface area contributed by atoms with Gasteiger partial charge >= 0.3 is 0 Å². The first-order valence-corrected chi connectivity index (χ1v) is 10.6. The van der Waals surface area contributed by atoms with Crippen LogP contribution in [0.2, 0.25) is 0 Å². The van der Waals surface area contributed by atoms with Crippen LogP contribution in [0.5, 0.6) is 11.5 Å². The van der Waals surface area contributed by atoms with Crippen LogP contribution in [0.25, 0.3) is 11.6 Å². The van der Waals surface area contributed by atoms with Gasteiger partial charge in [0.1, 0.15) is 12.4 Å². The Hall–Kier alpha value is -2.85. The van der Waals surface area contributed by atoms with Crippen LogP contribution >= 0.6 is 22.6 Å². The molecule has 3 aromatic carbocycles. The van der Waals surface area contributed by atoms with Crippen LogP contribution < -0.4 is 9.47 Å². The van der Waals surface area contributed by atoms with Crippen LogP contribution in [0.4, 0.5) is 4.39 Å². The molecule has 5 heteroatoms. The van der Waals surface area contributed by atoms with E-state index < -0.39 is 5.82 Å². The molecule has 0 saturated heterocycles. The second-order valence-electron chi connectivity index (χ2n) is 6.69. The number of benzene rings is 3. The van der Waals surface area contributed by atoms with Gasteiger partial charge in [0, 0.05) is 5.56 Å². The van der Waals surface area contributed by atoms with E-state index in [1.165, 1.54) is 11.6 Å². The molecule has 152 valence electrons. The fourth-order valence-corrected chi connectivity index (χ4v) is 3.83. The summed E-state index contributed by atoms with van der Waals surface area (Å²) >= 11 is 2.19. The third kappa shape index (κ3) is 5.39. The largest absolute Gasteiger partial charge is 0.490 e. The number of halogens is 2. The van der Waals surface area contributed by atoms with Gasteiger partial charge in [-0.1, -0.05) is 48.0 Å². The van der Waals surface area contributed by atoms with Crippen molar-refractivity contribution in [1.29, 1.82) is 5.26 Å². The van der Waals surface area contributed by atoms with Gasteiger partial charge in [0.2, 0.25) is 0 Å². The minimum Gasteiger partial charge on any atom is -0.490 e. The van der Waals surface area contributed by atoms with Gasteiger partial charge in [0.25, 0.3) is 0 Å². The standard InChI is InChI=1S/C25H21FINO2/c1-3-29-24-14-19(12-20(15-28)21-9-4-5-10-22(21)26)13-23(27)25(24)30-16-18-8-6-7-17(2)11-18/h4-14H,3,16H2,1-2H3/b20-12-. The van der Waals surface area contributed by atoms with Crippen molar-refractivity contribution >= 4 is 34.2 Å². The highest BCUT2D eigenvalue weighted by atomic mass is 127. The Morgan fingerprint density at radius 3 is 2.60 bits per heavy atom. The number of rotatable bonds is 7. The first kappa shape index (κ1) is 21.8. The lowest BCUT2D eigenvalue weighted by atomic mass is 10.0. The van der Waals surface area contributed by atoms with Crippen molar-refractivity contribution < 1.29 is 13.9 Å². The van der Waals surface area contributed by atoms with Crippen molar-refractivity contribution in [2.45, 2.75) is 20.5 Å². The van der Waals surface area contributed by atoms with Gasteiger partial charge < -0.3 is 9.47 Å². The Morgan fingerprint density at radius 1 is 1.10 bits per heavy atom. The molecule has 0 aromatic heterocycles. The lowest BCUT2D eigenvalue weighted by Crippen LogP contribution is -2.02. The molecule has 0 N–H and O–H groups in total. The molecule has 0 atom stereocenters. The number of nitriles is 1. The van der Waals surface area contributed by atoms with Gasteiger partial charge in [-0.3, -0.25) is 0 Å². The quantitative estimate of drug-likeness (QED) is 0.199. The molecule has 0 saturated carbocycles. The maximum absolute atomic E-state index is 14.1. The summed E-state index contributed by atoms with van der Waals surface area (Å²) in [6.07, 6.45) is 1.66. The molecule has 0 fully saturated rings. The highest BCUT2D eigenvalue weighted by Gasteiger charge is 2.14. The Labute approximate surface area is 189 Å². The predicted molar refractivity (Wildman–Crippen MR) is 126 cm³/mol. The molecule has 0 radical (unpaired) electrons. The summed E-state index contributed by atoms with van der Waals surface area (Å²) < 4.78 is 26.8. The molecule has 3 rings (SSSR count). The van der Waals surface area contributed by atoms with Crippen molar-refractivity contribution in [3.63, 3.8) is 0 Å². The third-order valence-corrected chi connectivity index (χ3v) is 5.19. The van der Waals surface area contributed by atoms with Crippen LogP contribution in [0.15, 0.2) is 60.7 Å². The van der Waals surface area contributed by atoms with Crippen LogP contribution in [0, 0.1) is 27.6 Å². The average Bonchev–Trinajstić information content (AvgIpc) is 2.72. The minimum absolute atomic E-state index is 0.250. The van der Waals surface area contributed by atoms with Gasteiger partial charge in [-0.05, 0) is 71.8 Å². The molecule has 0 unspecified atom stereocenters. The van der Waals surface area contributed by atoms with Gasteiger partial charge in [0.05, 0.1) is 21.8 Å². The average molecular weight is 513 g/mol. The topological polar surface area (TPSA) is 42.2 Å². The predicted octanol–water partition coefficient (Wildman–Crippen LogP) is 6.78. The van der Waals surface area contributed by atoms with E-state index in [1.54, 1.807) is 24.3 Å². The van der Waals surface area contributed by atoms with E-state index >= 15 is 0 Å². The second-order valence-corrected chi connectivity index (χ2v) is 7.85. The Morgan fingerprint density at radius 2 is 1.90 bits per heavy atom. The molecule has 0 heterocycles. The zero-order valence-corrected chi connectivity index (χ0v) is 18.9. The Balaban J connectivity index is 1.94. The molecular formula is C25H21FINO2. The van der Waals surface area contributed by atoms with E-state index in [9.17, 15) is 9.65 Å². The number of hydrogen-bond acceptors (Lipinski definition) is 3. The van der Waals surface area contributed by atoms with Crippen molar-refractivity contribution in [2.75, 3.05) is 6.61 Å². The van der Waals surface area contributed by atoms with Crippen molar-refractivity contribution in [1.82, 2.24) is 0 Å². The molecule has 30 heavy (non-hydrogen) atoms. The van der Waals surface area contributed by atoms with E-state index in [0.717, 1.165) is 14.7 Å². The Kier molecular flexibility index (Phi) is 7.47. The summed E-state index contributed by atoms with van der Waals surface area (Å²) in [6, 6.07) is 20.2. The van der Waals surface area contributed by atoms with Gasteiger partial charge in [-0.15, -0.1) is 0 Å². The fraction of sp³-hybridized carbons (Fsp3) is 0.160. The molecule has 0 spiro atoms. The minimum atomic E-state index is -0.428. The van der Waals surface area contributed by atoms with E-state index in [0.29, 0.717) is 24.7 Å². The van der Waals surface area contributed by atoms with Crippen molar-refractivity contribution in [2.24, 2.45) is 0 Å². The van der Waals surface area contributed by atoms with Crippen LogP contribution in [0.3, 0.4) is 0 Å². The molecule has 3 aromatic rings. The molecule has 0 aliphatic heterocycles. The van der Waals surface area contributed by atoms with E-state index in [1.807, 2.05) is 44.2 Å². The number of nitrogens with zero attached hydrogens (tertiary/aromatic N) is 1. The van der Waals surface area contributed by atoms with Gasteiger partial charge in [-0.25, -0.2) is 4.39 Å². The maximum Gasteiger partial charge on any atom is 0.175 e. The lowest BCUT2D eigenvalue weighted by molar-refractivity contribution is 0.267. The number of aryl methyl sites for hydroxylation is 1. The molecule has 3 nitrogen and oxygen atoms in total. The monoisotopic (exact) mass is 513 g/mol. The van der Waals surface area contributed by atoms with E-state index in [-0.39, 0.29) is 11.1 Å². The van der Waals surface area contributed by atoms with E-state index in [2.05, 4.69) is 34.7 Å². The lowest BCUT2D eigenvalue weighted by Gasteiger charge is -2.15. The Bertz CT molecular complexity index is 1120. The van der Waals surface area contributed by atoms with Crippen molar-refractivity contribution in [3.8, 4) is 17.6 Å². The summed E-state index contributed by atoms with van der Waals surface area (Å²) in [5.41, 5.74) is 3.51. The summed E-state index contributed by atoms with van der Waals surface area (Å²) in [7, 11) is 0. The van der Waals surface area contributed by atoms with Crippen LogP contribution in [-0.2, 0) is 6.61 Å². The summed E-state index contributed by atoms with van der Waals surface area (Å²) in [5, 5.41) is 9.55. The maximum atomic E-state index is 14.1. The smallest absolute Gasteiger partial charge is 0.175 e. The van der Waals surface area contributed by atoms with Crippen molar-refractivity contribution in [3.05, 3.63) is 92.3 Å². The number of hydrogen-bond donors (Lipinski definition) is 0. The number of ether oxygens (including phenoxy) is 2. The summed E-state index contributed by atoms with van der Waals surface area (Å²) in [4.78, 5) is 0. The fourth-order valence-electron chi connectivity index (χ4n) is 3.05. The summed E-state index contributed by atoms with van der Waals surface area (Å²) in [6.45, 7) is 4.84. The van der Waals surface area contributed by atoms with Gasteiger partial charge in [0.15, 0.2) is 11.5 Å². The first-order valence-electron chi connectivity index (χ1n) is 9.53. The second kappa shape index (κ2) is 10.3. The normalized spacial score (nSPS) is 11.1. The summed E-state index contributed by atoms with van der Waals surface area (Å²) in [5.74, 6) is 0.817.